The summed E-state index contributed by atoms with van der Waals surface area (Å²) in [7, 11) is 0. The van der Waals surface area contributed by atoms with Crippen molar-refractivity contribution in [2.24, 2.45) is 34.5 Å². The number of pyridine rings is 1. The van der Waals surface area contributed by atoms with Gasteiger partial charge in [0.15, 0.2) is 0 Å². The first-order chi connectivity index (χ1) is 22.5. The number of urea groups is 1. The molecule has 0 aromatic carbocycles. The number of hydrogen-bond donors (Lipinski definition) is 4. The molecule has 4 N–H and O–H groups in total. The highest BCUT2D eigenvalue weighted by Crippen LogP contribution is 2.65. The van der Waals surface area contributed by atoms with Gasteiger partial charge in [0.25, 0.3) is 11.5 Å². The van der Waals surface area contributed by atoms with E-state index < -0.39 is 53.2 Å². The van der Waals surface area contributed by atoms with Crippen molar-refractivity contribution < 1.29 is 24.0 Å². The molecule has 1 aromatic rings. The van der Waals surface area contributed by atoms with E-state index in [2.05, 4.69) is 41.7 Å². The molecule has 2 heterocycles. The number of nitrogens with zero attached hydrogens (tertiary/aromatic N) is 2. The molecule has 12 heteroatoms. The van der Waals surface area contributed by atoms with Gasteiger partial charge in [0.2, 0.25) is 17.6 Å². The summed E-state index contributed by atoms with van der Waals surface area (Å²) in [6, 6.07) is 1.10. The summed E-state index contributed by atoms with van der Waals surface area (Å²) in [6.07, 6.45) is 6.42. The Bertz CT molecular complexity index is 1460. The van der Waals surface area contributed by atoms with Gasteiger partial charge in [-0.15, -0.1) is 6.58 Å². The molecule has 5 amide bonds. The molecule has 2 aliphatic carbocycles. The van der Waals surface area contributed by atoms with Crippen molar-refractivity contribution in [3.05, 3.63) is 47.4 Å². The number of amides is 5. The molecule has 0 radical (unpaired) electrons. The van der Waals surface area contributed by atoms with Crippen LogP contribution in [0.5, 0.6) is 0 Å². The van der Waals surface area contributed by atoms with Crippen molar-refractivity contribution in [1.82, 2.24) is 30.7 Å². The minimum atomic E-state index is -1.00. The molecule has 3 aliphatic rings. The maximum Gasteiger partial charge on any atom is 0.315 e. The molecule has 1 saturated heterocycles. The third kappa shape index (κ3) is 8.18. The molecular weight excluding hydrogens is 612 g/mol. The second kappa shape index (κ2) is 14.7. The minimum absolute atomic E-state index is 0.0120. The fourth-order valence-corrected chi connectivity index (χ4v) is 7.18. The predicted molar refractivity (Wildman–Crippen MR) is 183 cm³/mol. The standard InChI is InChI=1S/C36H54N6O6/c1-9-16-37-32(46)29(44)24(18-22-13-12-14-22)38-31(45)28-27-23(36(27,7)8)19-42(28)33(47)30(35(4,5)6)40-34(48)39-25(21(2)3)20-41-17-11-10-15-26(41)43/h9-11,15,17,21-25,27-28,30H,1,12-14,16,18-20H2,2-8H3,(H,37,46)(H,38,45)(H2,39,40,48)/t23-,24?,25+,27-,28-,30+/m0/s1. The fourth-order valence-electron chi connectivity index (χ4n) is 7.18. The number of carbonyl (C=O) groups excluding carboxylic acids is 5. The van der Waals surface area contributed by atoms with Gasteiger partial charge >= 0.3 is 6.03 Å². The monoisotopic (exact) mass is 666 g/mol. The number of aromatic nitrogens is 1. The van der Waals surface area contributed by atoms with E-state index in [0.717, 1.165) is 19.3 Å². The summed E-state index contributed by atoms with van der Waals surface area (Å²) in [4.78, 5) is 81.7. The van der Waals surface area contributed by atoms with Crippen molar-refractivity contribution in [3.8, 4) is 0 Å². The van der Waals surface area contributed by atoms with Crippen molar-refractivity contribution in [2.45, 2.75) is 105 Å². The molecule has 0 bridgehead atoms. The van der Waals surface area contributed by atoms with Crippen LogP contribution in [0.4, 0.5) is 4.79 Å². The molecule has 1 aliphatic heterocycles. The van der Waals surface area contributed by atoms with E-state index in [0.29, 0.717) is 13.0 Å². The first-order valence-electron chi connectivity index (χ1n) is 17.2. The van der Waals surface area contributed by atoms with Gasteiger partial charge in [-0.25, -0.2) is 4.79 Å². The Hall–Kier alpha value is -3.96. The quantitative estimate of drug-likeness (QED) is 0.177. The number of likely N-dealkylation sites (tertiary alicyclic amines) is 1. The molecule has 6 atom stereocenters. The molecular formula is C36H54N6O6. The van der Waals surface area contributed by atoms with Gasteiger partial charge in [-0.2, -0.15) is 0 Å². The predicted octanol–water partition coefficient (Wildman–Crippen LogP) is 2.62. The number of hydrogen-bond acceptors (Lipinski definition) is 6. The zero-order valence-corrected chi connectivity index (χ0v) is 29.5. The summed E-state index contributed by atoms with van der Waals surface area (Å²) in [5.74, 6) is -2.14. The Morgan fingerprint density at radius 1 is 1.06 bits per heavy atom. The zero-order valence-electron chi connectivity index (χ0n) is 29.5. The molecule has 0 spiro atoms. The van der Waals surface area contributed by atoms with Gasteiger partial charge < -0.3 is 30.7 Å². The van der Waals surface area contributed by atoms with Crippen LogP contribution in [0.2, 0.25) is 0 Å². The molecule has 3 fully saturated rings. The largest absolute Gasteiger partial charge is 0.346 e. The van der Waals surface area contributed by atoms with Crippen LogP contribution in [0.3, 0.4) is 0 Å². The fraction of sp³-hybridized carbons (Fsp3) is 0.667. The van der Waals surface area contributed by atoms with E-state index in [9.17, 15) is 28.8 Å². The third-order valence-corrected chi connectivity index (χ3v) is 10.6. The zero-order chi connectivity index (χ0) is 35.6. The van der Waals surface area contributed by atoms with Crippen LogP contribution in [0, 0.1) is 34.5 Å². The molecule has 264 valence electrons. The van der Waals surface area contributed by atoms with Crippen LogP contribution in [-0.4, -0.2) is 76.3 Å². The van der Waals surface area contributed by atoms with Gasteiger partial charge in [-0.1, -0.05) is 79.9 Å². The molecule has 12 nitrogen and oxygen atoms in total. The topological polar surface area (TPSA) is 159 Å². The first-order valence-corrected chi connectivity index (χ1v) is 17.2. The first kappa shape index (κ1) is 36.9. The average Bonchev–Trinajstić information content (AvgIpc) is 3.30. The number of piperidine rings is 1. The number of Topliss-reactive ketones (excluding diaryl/α,β-unsaturated/α-hetero) is 1. The second-order valence-electron chi connectivity index (χ2n) is 15.8. The van der Waals surface area contributed by atoms with Crippen LogP contribution in [0.1, 0.15) is 74.1 Å². The van der Waals surface area contributed by atoms with E-state index in [1.54, 1.807) is 23.2 Å². The third-order valence-electron chi connectivity index (χ3n) is 10.6. The van der Waals surface area contributed by atoms with Gasteiger partial charge in [0.05, 0.1) is 12.1 Å². The number of ketones is 1. The lowest BCUT2D eigenvalue weighted by molar-refractivity contribution is -0.145. The van der Waals surface area contributed by atoms with Gasteiger partial charge in [0.1, 0.15) is 12.1 Å². The molecule has 48 heavy (non-hydrogen) atoms. The van der Waals surface area contributed by atoms with E-state index in [1.807, 2.05) is 34.6 Å². The van der Waals surface area contributed by atoms with E-state index in [-0.39, 0.29) is 53.6 Å². The molecule has 4 rings (SSSR count). The van der Waals surface area contributed by atoms with Crippen LogP contribution in [0.25, 0.3) is 0 Å². The Labute approximate surface area is 283 Å². The Morgan fingerprint density at radius 3 is 2.31 bits per heavy atom. The maximum absolute atomic E-state index is 14.4. The Kier molecular flexibility index (Phi) is 11.3. The van der Waals surface area contributed by atoms with E-state index >= 15 is 0 Å². The highest BCUT2D eigenvalue weighted by atomic mass is 16.2. The van der Waals surface area contributed by atoms with Gasteiger partial charge in [-0.05, 0) is 47.0 Å². The SMILES string of the molecule is C=CCNC(=O)C(=O)C(CC1CCC1)NC(=O)[C@@H]1[C@@H]2[C@H](CN1C(=O)[C@@H](NC(=O)N[C@H](Cn1ccccc1=O)C(C)C)C(C)(C)C)C2(C)C. The summed E-state index contributed by atoms with van der Waals surface area (Å²) in [5.41, 5.74) is -1.08. The van der Waals surface area contributed by atoms with E-state index in [1.165, 1.54) is 16.7 Å². The number of fused-ring (bicyclic) bond motifs is 1. The number of rotatable bonds is 14. The van der Waals surface area contributed by atoms with Crippen LogP contribution >= 0.6 is 0 Å². The summed E-state index contributed by atoms with van der Waals surface area (Å²) in [5, 5.41) is 11.3. The summed E-state index contributed by atoms with van der Waals surface area (Å²) >= 11 is 0. The lowest BCUT2D eigenvalue weighted by Gasteiger charge is -2.38. The molecule has 2 saturated carbocycles. The lowest BCUT2D eigenvalue weighted by Crippen LogP contribution is -2.62. The molecule has 1 aromatic heterocycles. The van der Waals surface area contributed by atoms with Crippen LogP contribution < -0.4 is 26.8 Å². The van der Waals surface area contributed by atoms with Crippen molar-refractivity contribution in [2.75, 3.05) is 13.1 Å². The smallest absolute Gasteiger partial charge is 0.315 e. The highest BCUT2D eigenvalue weighted by molar-refractivity contribution is 6.38. The Balaban J connectivity index is 1.52. The van der Waals surface area contributed by atoms with E-state index in [4.69, 9.17) is 0 Å². The number of carbonyl (C=O) groups is 5. The van der Waals surface area contributed by atoms with Crippen LogP contribution in [-0.2, 0) is 25.7 Å². The van der Waals surface area contributed by atoms with Gasteiger partial charge in [-0.3, -0.25) is 24.0 Å². The van der Waals surface area contributed by atoms with Gasteiger partial charge in [0, 0.05) is 31.9 Å². The minimum Gasteiger partial charge on any atom is -0.346 e. The maximum atomic E-state index is 14.4. The average molecular weight is 667 g/mol. The lowest BCUT2D eigenvalue weighted by atomic mass is 9.80. The van der Waals surface area contributed by atoms with Crippen molar-refractivity contribution in [1.29, 1.82) is 0 Å². The summed E-state index contributed by atoms with van der Waals surface area (Å²) < 4.78 is 1.53. The van der Waals surface area contributed by atoms with Crippen LogP contribution in [0.15, 0.2) is 41.8 Å². The van der Waals surface area contributed by atoms with Crippen molar-refractivity contribution >= 4 is 29.5 Å². The number of nitrogens with one attached hydrogen (secondary N) is 4. The highest BCUT2D eigenvalue weighted by Gasteiger charge is 2.70. The molecule has 1 unspecified atom stereocenters. The normalized spacial score (nSPS) is 23.2. The van der Waals surface area contributed by atoms with Crippen molar-refractivity contribution in [3.63, 3.8) is 0 Å². The second-order valence-corrected chi connectivity index (χ2v) is 15.8. The Morgan fingerprint density at radius 2 is 1.75 bits per heavy atom. The summed E-state index contributed by atoms with van der Waals surface area (Å²) in [6.45, 7) is 17.9.